The van der Waals surface area contributed by atoms with Gasteiger partial charge in [0.1, 0.15) is 11.6 Å². The molecule has 1 amide bonds. The maximum atomic E-state index is 14.1. The molecule has 1 N–H and O–H groups in total. The Morgan fingerprint density at radius 1 is 1.05 bits per heavy atom. The molecule has 1 aromatic carbocycles. The van der Waals surface area contributed by atoms with Crippen molar-refractivity contribution < 1.29 is 23.0 Å². The van der Waals surface area contributed by atoms with Crippen molar-refractivity contribution in [3.8, 4) is 5.82 Å². The van der Waals surface area contributed by atoms with Crippen LogP contribution in [0.25, 0.3) is 16.9 Å². The van der Waals surface area contributed by atoms with E-state index in [9.17, 15) is 13.6 Å². The third-order valence-electron chi connectivity index (χ3n) is 7.68. The standard InChI is InChI=1S/C27H33F2N7O3/c28-24(29)25-31-20-5-1-2-6-21(20)36(25)23-14-22(32-27(33-23)34-9-12-38-13-10-34)30-15-18-7-8-35(16-18)26(37)19-4-3-11-39-17-19/h1-2,5-6,14,18-19,24H,3-4,7-13,15-17H2,(H,30,32,33)/t18-,19?/m1/s1. The van der Waals surface area contributed by atoms with E-state index in [-0.39, 0.29) is 23.6 Å². The van der Waals surface area contributed by atoms with Gasteiger partial charge in [0.2, 0.25) is 11.9 Å². The molecule has 6 rings (SSSR count). The molecule has 3 aliphatic rings. The van der Waals surface area contributed by atoms with Gasteiger partial charge >= 0.3 is 0 Å². The summed E-state index contributed by atoms with van der Waals surface area (Å²) < 4.78 is 40.6. The van der Waals surface area contributed by atoms with Crippen LogP contribution in [0.2, 0.25) is 0 Å². The van der Waals surface area contributed by atoms with Crippen molar-refractivity contribution in [1.29, 1.82) is 0 Å². The number of likely N-dealkylation sites (tertiary alicyclic amines) is 1. The highest BCUT2D eigenvalue weighted by Gasteiger charge is 2.32. The number of hydrogen-bond donors (Lipinski definition) is 1. The van der Waals surface area contributed by atoms with E-state index in [1.807, 2.05) is 9.80 Å². The molecule has 208 valence electrons. The summed E-state index contributed by atoms with van der Waals surface area (Å²) in [5.74, 6) is 1.38. The largest absolute Gasteiger partial charge is 0.381 e. The fourth-order valence-electron chi connectivity index (χ4n) is 5.61. The average molecular weight is 542 g/mol. The van der Waals surface area contributed by atoms with E-state index in [0.717, 1.165) is 32.4 Å². The van der Waals surface area contributed by atoms with E-state index in [0.29, 0.717) is 74.6 Å². The Labute approximate surface area is 225 Å². The Morgan fingerprint density at radius 2 is 1.90 bits per heavy atom. The number of halogens is 2. The first-order chi connectivity index (χ1) is 19.1. The highest BCUT2D eigenvalue weighted by molar-refractivity contribution is 5.79. The maximum absolute atomic E-state index is 14.1. The van der Waals surface area contributed by atoms with E-state index in [4.69, 9.17) is 19.4 Å². The first kappa shape index (κ1) is 25.9. The number of para-hydroxylation sites is 2. The van der Waals surface area contributed by atoms with E-state index in [1.54, 1.807) is 30.3 Å². The molecule has 0 bridgehead atoms. The summed E-state index contributed by atoms with van der Waals surface area (Å²) >= 11 is 0. The number of nitrogens with zero attached hydrogens (tertiary/aromatic N) is 6. The summed E-state index contributed by atoms with van der Waals surface area (Å²) in [6.45, 7) is 5.57. The van der Waals surface area contributed by atoms with E-state index < -0.39 is 6.43 Å². The van der Waals surface area contributed by atoms with Crippen LogP contribution in [0.3, 0.4) is 0 Å². The van der Waals surface area contributed by atoms with Gasteiger partial charge in [0.25, 0.3) is 6.43 Å². The Morgan fingerprint density at radius 3 is 2.69 bits per heavy atom. The summed E-state index contributed by atoms with van der Waals surface area (Å²) in [5, 5.41) is 3.41. The number of ether oxygens (including phenoxy) is 2. The number of alkyl halides is 2. The van der Waals surface area contributed by atoms with Crippen LogP contribution in [-0.2, 0) is 14.3 Å². The maximum Gasteiger partial charge on any atom is 0.296 e. The number of aromatic nitrogens is 4. The number of nitrogens with one attached hydrogen (secondary N) is 1. The SMILES string of the molecule is O=C(C1CCCOC1)N1CC[C@H](CNc2cc(-n3c(C(F)F)nc4ccccc43)nc(N3CCOCC3)n2)C1. The van der Waals surface area contributed by atoms with Crippen LogP contribution in [0.1, 0.15) is 31.5 Å². The fraction of sp³-hybridized carbons (Fsp3) is 0.556. The number of carbonyl (C=O) groups is 1. The molecule has 0 spiro atoms. The second kappa shape index (κ2) is 11.4. The highest BCUT2D eigenvalue weighted by atomic mass is 19.3. The smallest absolute Gasteiger partial charge is 0.296 e. The number of anilines is 2. The van der Waals surface area contributed by atoms with E-state index in [1.165, 1.54) is 4.57 Å². The number of fused-ring (bicyclic) bond motifs is 1. The van der Waals surface area contributed by atoms with Crippen molar-refractivity contribution in [1.82, 2.24) is 24.4 Å². The quantitative estimate of drug-likeness (QED) is 0.487. The molecular formula is C27H33F2N7O3. The zero-order chi connectivity index (χ0) is 26.8. The molecule has 12 heteroatoms. The molecule has 2 atom stereocenters. The number of hydrogen-bond acceptors (Lipinski definition) is 8. The highest BCUT2D eigenvalue weighted by Crippen LogP contribution is 2.29. The molecular weight excluding hydrogens is 508 g/mol. The molecule has 10 nitrogen and oxygen atoms in total. The normalized spacial score (nSPS) is 22.1. The van der Waals surface area contributed by atoms with E-state index in [2.05, 4.69) is 10.3 Å². The minimum absolute atomic E-state index is 0.0417. The third-order valence-corrected chi connectivity index (χ3v) is 7.68. The first-order valence-corrected chi connectivity index (χ1v) is 13.6. The van der Waals surface area contributed by atoms with Crippen molar-refractivity contribution >= 4 is 28.7 Å². The zero-order valence-electron chi connectivity index (χ0n) is 21.8. The van der Waals surface area contributed by atoms with Crippen molar-refractivity contribution in [3.05, 3.63) is 36.2 Å². The van der Waals surface area contributed by atoms with Crippen LogP contribution >= 0.6 is 0 Å². The van der Waals surface area contributed by atoms with Gasteiger partial charge in [-0.15, -0.1) is 0 Å². The molecule has 3 aliphatic heterocycles. The second-order valence-corrected chi connectivity index (χ2v) is 10.3. The topological polar surface area (TPSA) is 97.6 Å². The van der Waals surface area contributed by atoms with E-state index >= 15 is 0 Å². The van der Waals surface area contributed by atoms with Gasteiger partial charge in [0.05, 0.1) is 36.8 Å². The van der Waals surface area contributed by atoms with Crippen LogP contribution in [-0.4, -0.2) is 89.5 Å². The van der Waals surface area contributed by atoms with Gasteiger partial charge in [-0.05, 0) is 37.3 Å². The van der Waals surface area contributed by atoms with Gasteiger partial charge in [-0.25, -0.2) is 13.8 Å². The lowest BCUT2D eigenvalue weighted by atomic mass is 10.0. The molecule has 2 aromatic heterocycles. The Kier molecular flexibility index (Phi) is 7.55. The zero-order valence-corrected chi connectivity index (χ0v) is 21.8. The number of morpholine rings is 1. The van der Waals surface area contributed by atoms with Gasteiger partial charge in [-0.1, -0.05) is 12.1 Å². The predicted octanol–water partition coefficient (Wildman–Crippen LogP) is 3.28. The minimum atomic E-state index is -2.77. The summed E-state index contributed by atoms with van der Waals surface area (Å²) in [5.41, 5.74) is 1.04. The summed E-state index contributed by atoms with van der Waals surface area (Å²) in [6, 6.07) is 8.75. The molecule has 0 saturated carbocycles. The van der Waals surface area contributed by atoms with Gasteiger partial charge < -0.3 is 24.6 Å². The molecule has 3 aromatic rings. The number of amides is 1. The van der Waals surface area contributed by atoms with Gasteiger partial charge in [-0.3, -0.25) is 9.36 Å². The monoisotopic (exact) mass is 541 g/mol. The van der Waals surface area contributed by atoms with Gasteiger partial charge in [-0.2, -0.15) is 9.97 Å². The molecule has 5 heterocycles. The lowest BCUT2D eigenvalue weighted by Gasteiger charge is -2.27. The van der Waals surface area contributed by atoms with Crippen molar-refractivity contribution in [2.75, 3.05) is 69.4 Å². The lowest BCUT2D eigenvalue weighted by molar-refractivity contribution is -0.138. The fourth-order valence-corrected chi connectivity index (χ4v) is 5.61. The number of benzene rings is 1. The van der Waals surface area contributed by atoms with Crippen molar-refractivity contribution in [2.24, 2.45) is 11.8 Å². The molecule has 0 radical (unpaired) electrons. The number of imidazole rings is 1. The minimum Gasteiger partial charge on any atom is -0.381 e. The predicted molar refractivity (Wildman–Crippen MR) is 141 cm³/mol. The van der Waals surface area contributed by atoms with Crippen LogP contribution in [0, 0.1) is 11.8 Å². The van der Waals surface area contributed by atoms with Crippen LogP contribution in [0.4, 0.5) is 20.5 Å². The second-order valence-electron chi connectivity index (χ2n) is 10.3. The molecule has 0 aliphatic carbocycles. The Bertz CT molecular complexity index is 1310. The summed E-state index contributed by atoms with van der Waals surface area (Å²) in [6.07, 6.45) is -0.0684. The molecule has 3 fully saturated rings. The van der Waals surface area contributed by atoms with Gasteiger partial charge in [0, 0.05) is 45.4 Å². The number of carbonyl (C=O) groups excluding carboxylic acids is 1. The molecule has 39 heavy (non-hydrogen) atoms. The van der Waals surface area contributed by atoms with Crippen molar-refractivity contribution in [2.45, 2.75) is 25.7 Å². The Balaban J connectivity index is 1.24. The first-order valence-electron chi connectivity index (χ1n) is 13.6. The summed E-state index contributed by atoms with van der Waals surface area (Å²) in [7, 11) is 0. The van der Waals surface area contributed by atoms with Crippen molar-refractivity contribution in [3.63, 3.8) is 0 Å². The molecule has 3 saturated heterocycles. The Hall–Kier alpha value is -3.38. The lowest BCUT2D eigenvalue weighted by Crippen LogP contribution is -2.38. The summed E-state index contributed by atoms with van der Waals surface area (Å²) in [4.78, 5) is 30.5. The van der Waals surface area contributed by atoms with Crippen LogP contribution < -0.4 is 10.2 Å². The molecule has 1 unspecified atom stereocenters. The average Bonchev–Trinajstić information content (AvgIpc) is 3.62. The van der Waals surface area contributed by atoms with Crippen LogP contribution in [0.5, 0.6) is 0 Å². The number of rotatable bonds is 7. The van der Waals surface area contributed by atoms with Crippen LogP contribution in [0.15, 0.2) is 30.3 Å². The third kappa shape index (κ3) is 5.53. The van der Waals surface area contributed by atoms with Gasteiger partial charge in [0.15, 0.2) is 5.82 Å².